The van der Waals surface area contributed by atoms with Crippen molar-refractivity contribution in [2.24, 2.45) is 0 Å². The van der Waals surface area contributed by atoms with Crippen molar-refractivity contribution in [3.63, 3.8) is 0 Å². The molecule has 1 saturated carbocycles. The second kappa shape index (κ2) is 4.17. The Kier molecular flexibility index (Phi) is 2.63. The van der Waals surface area contributed by atoms with Crippen LogP contribution in [0.2, 0.25) is 0 Å². The largest absolute Gasteiger partial charge is 0.477 e. The molecule has 0 radical (unpaired) electrons. The van der Waals surface area contributed by atoms with Crippen LogP contribution in [0.3, 0.4) is 0 Å². The smallest absolute Gasteiger partial charge is 0.347 e. The van der Waals surface area contributed by atoms with Crippen LogP contribution in [0.1, 0.15) is 39.8 Å². The van der Waals surface area contributed by atoms with Crippen LogP contribution in [0, 0.1) is 6.92 Å². The van der Waals surface area contributed by atoms with E-state index >= 15 is 0 Å². The highest BCUT2D eigenvalue weighted by molar-refractivity contribution is 7.17. The second-order valence-corrected chi connectivity index (χ2v) is 5.50. The molecule has 2 aromatic rings. The van der Waals surface area contributed by atoms with Crippen LogP contribution in [0.5, 0.6) is 0 Å². The van der Waals surface area contributed by atoms with Crippen molar-refractivity contribution in [2.45, 2.75) is 25.7 Å². The molecule has 5 heteroatoms. The van der Waals surface area contributed by atoms with E-state index in [2.05, 4.69) is 9.97 Å². The van der Waals surface area contributed by atoms with E-state index in [1.165, 1.54) is 11.3 Å². The Morgan fingerprint density at radius 2 is 2.22 bits per heavy atom. The van der Waals surface area contributed by atoms with Crippen LogP contribution in [-0.4, -0.2) is 21.0 Å². The van der Waals surface area contributed by atoms with Gasteiger partial charge in [0, 0.05) is 23.4 Å². The predicted molar refractivity (Wildman–Crippen MR) is 69.0 cm³/mol. The van der Waals surface area contributed by atoms with Gasteiger partial charge in [-0.05, 0) is 31.9 Å². The van der Waals surface area contributed by atoms with E-state index in [1.54, 1.807) is 6.20 Å². The molecule has 0 spiro atoms. The summed E-state index contributed by atoms with van der Waals surface area (Å²) in [5, 5.41) is 9.95. The number of hydrogen-bond acceptors (Lipinski definition) is 4. The molecule has 92 valence electrons. The van der Waals surface area contributed by atoms with Gasteiger partial charge in [0.05, 0.1) is 5.69 Å². The van der Waals surface area contributed by atoms with Crippen molar-refractivity contribution in [2.75, 3.05) is 0 Å². The summed E-state index contributed by atoms with van der Waals surface area (Å²) in [6.45, 7) is 1.92. The SMILES string of the molecule is Cc1ccc(-c2nc(C3CC3)c(C(=O)O)s2)cn1. The van der Waals surface area contributed by atoms with E-state index in [1.807, 2.05) is 19.1 Å². The molecule has 0 saturated heterocycles. The molecule has 0 aromatic carbocycles. The molecule has 1 N–H and O–H groups in total. The van der Waals surface area contributed by atoms with Gasteiger partial charge in [0.25, 0.3) is 0 Å². The second-order valence-electron chi connectivity index (χ2n) is 4.50. The highest BCUT2D eigenvalue weighted by atomic mass is 32.1. The highest BCUT2D eigenvalue weighted by Crippen LogP contribution is 2.44. The van der Waals surface area contributed by atoms with Crippen molar-refractivity contribution in [1.82, 2.24) is 9.97 Å². The molecule has 0 amide bonds. The van der Waals surface area contributed by atoms with Gasteiger partial charge in [0.2, 0.25) is 0 Å². The van der Waals surface area contributed by atoms with E-state index < -0.39 is 5.97 Å². The first-order valence-electron chi connectivity index (χ1n) is 5.82. The van der Waals surface area contributed by atoms with Gasteiger partial charge < -0.3 is 5.11 Å². The van der Waals surface area contributed by atoms with E-state index in [9.17, 15) is 9.90 Å². The molecule has 0 aliphatic heterocycles. The number of aryl methyl sites for hydroxylation is 1. The standard InChI is InChI=1S/C13H12N2O2S/c1-7-2-3-9(6-14-7)12-15-10(8-4-5-8)11(18-12)13(16)17/h2-3,6,8H,4-5H2,1H3,(H,16,17). The normalized spacial score (nSPS) is 14.7. The first-order chi connectivity index (χ1) is 8.65. The Labute approximate surface area is 108 Å². The Morgan fingerprint density at radius 3 is 2.78 bits per heavy atom. The number of aromatic nitrogens is 2. The van der Waals surface area contributed by atoms with Crippen LogP contribution in [-0.2, 0) is 0 Å². The minimum Gasteiger partial charge on any atom is -0.477 e. The lowest BCUT2D eigenvalue weighted by Gasteiger charge is -1.95. The molecule has 2 aromatic heterocycles. The van der Waals surface area contributed by atoms with E-state index in [-0.39, 0.29) is 0 Å². The number of hydrogen-bond donors (Lipinski definition) is 1. The molecule has 3 rings (SSSR count). The number of aromatic carboxylic acids is 1. The van der Waals surface area contributed by atoms with Crippen molar-refractivity contribution in [1.29, 1.82) is 0 Å². The van der Waals surface area contributed by atoms with E-state index in [0.29, 0.717) is 10.8 Å². The number of rotatable bonds is 3. The zero-order chi connectivity index (χ0) is 12.7. The molecule has 0 unspecified atom stereocenters. The van der Waals surface area contributed by atoms with Gasteiger partial charge >= 0.3 is 5.97 Å². The molecular weight excluding hydrogens is 248 g/mol. The molecule has 1 aliphatic carbocycles. The fourth-order valence-electron chi connectivity index (χ4n) is 1.84. The summed E-state index contributed by atoms with van der Waals surface area (Å²) in [7, 11) is 0. The van der Waals surface area contributed by atoms with Crippen molar-refractivity contribution >= 4 is 17.3 Å². The maximum Gasteiger partial charge on any atom is 0.347 e. The Hall–Kier alpha value is -1.75. The lowest BCUT2D eigenvalue weighted by atomic mass is 10.2. The quantitative estimate of drug-likeness (QED) is 0.921. The third kappa shape index (κ3) is 2.01. The van der Waals surface area contributed by atoms with Gasteiger partial charge in [0.15, 0.2) is 0 Å². The molecule has 0 atom stereocenters. The highest BCUT2D eigenvalue weighted by Gasteiger charge is 2.32. The van der Waals surface area contributed by atoms with Crippen LogP contribution in [0.4, 0.5) is 0 Å². The average Bonchev–Trinajstić information content (AvgIpc) is 3.09. The van der Waals surface area contributed by atoms with Crippen molar-refractivity contribution in [3.8, 4) is 10.6 Å². The average molecular weight is 260 g/mol. The van der Waals surface area contributed by atoms with Gasteiger partial charge in [-0.25, -0.2) is 9.78 Å². The number of carboxylic acids is 1. The van der Waals surface area contributed by atoms with Crippen molar-refractivity contribution in [3.05, 3.63) is 34.6 Å². The van der Waals surface area contributed by atoms with Gasteiger partial charge in [0.1, 0.15) is 9.88 Å². The Bertz CT molecular complexity index is 600. The maximum atomic E-state index is 11.2. The number of carboxylic acid groups (broad SMARTS) is 1. The molecular formula is C13H12N2O2S. The lowest BCUT2D eigenvalue weighted by molar-refractivity contribution is 0.0700. The molecule has 2 heterocycles. The van der Waals surface area contributed by atoms with Crippen LogP contribution < -0.4 is 0 Å². The molecule has 0 bridgehead atoms. The third-order valence-electron chi connectivity index (χ3n) is 2.97. The third-order valence-corrected chi connectivity index (χ3v) is 4.08. The molecule has 1 aliphatic rings. The zero-order valence-corrected chi connectivity index (χ0v) is 10.7. The monoisotopic (exact) mass is 260 g/mol. The number of pyridine rings is 1. The van der Waals surface area contributed by atoms with E-state index in [4.69, 9.17) is 0 Å². The lowest BCUT2D eigenvalue weighted by Crippen LogP contribution is -1.97. The first kappa shape index (κ1) is 11.3. The maximum absolute atomic E-state index is 11.2. The molecule has 18 heavy (non-hydrogen) atoms. The van der Waals surface area contributed by atoms with Crippen molar-refractivity contribution < 1.29 is 9.90 Å². The van der Waals surface area contributed by atoms with Crippen LogP contribution in [0.15, 0.2) is 18.3 Å². The van der Waals surface area contributed by atoms with E-state index in [0.717, 1.165) is 34.8 Å². The summed E-state index contributed by atoms with van der Waals surface area (Å²) >= 11 is 1.24. The minimum absolute atomic E-state index is 0.347. The van der Waals surface area contributed by atoms with Crippen LogP contribution in [0.25, 0.3) is 10.6 Å². The number of carbonyl (C=O) groups is 1. The summed E-state index contributed by atoms with van der Waals surface area (Å²) in [6.07, 6.45) is 3.85. The summed E-state index contributed by atoms with van der Waals surface area (Å²) in [5.41, 5.74) is 2.58. The first-order valence-corrected chi connectivity index (χ1v) is 6.64. The minimum atomic E-state index is -0.874. The number of nitrogens with zero attached hydrogens (tertiary/aromatic N) is 2. The van der Waals surface area contributed by atoms with Gasteiger partial charge in [-0.2, -0.15) is 0 Å². The van der Waals surface area contributed by atoms with Crippen LogP contribution >= 0.6 is 11.3 Å². The fraction of sp³-hybridized carbons (Fsp3) is 0.308. The topological polar surface area (TPSA) is 63.1 Å². The number of thiazole rings is 1. The fourth-order valence-corrected chi connectivity index (χ4v) is 2.82. The summed E-state index contributed by atoms with van der Waals surface area (Å²) in [4.78, 5) is 20.3. The zero-order valence-electron chi connectivity index (χ0n) is 9.88. The molecule has 4 nitrogen and oxygen atoms in total. The Morgan fingerprint density at radius 1 is 1.44 bits per heavy atom. The van der Waals surface area contributed by atoms with Gasteiger partial charge in [-0.3, -0.25) is 4.98 Å². The summed E-state index contributed by atoms with van der Waals surface area (Å²) < 4.78 is 0. The summed E-state index contributed by atoms with van der Waals surface area (Å²) in [5.74, 6) is -0.528. The van der Waals surface area contributed by atoms with Gasteiger partial charge in [-0.1, -0.05) is 0 Å². The van der Waals surface area contributed by atoms with Gasteiger partial charge in [-0.15, -0.1) is 11.3 Å². The molecule has 1 fully saturated rings. The predicted octanol–water partition coefficient (Wildman–Crippen LogP) is 3.09. The Balaban J connectivity index is 2.04. The summed E-state index contributed by atoms with van der Waals surface area (Å²) in [6, 6.07) is 3.84.